The van der Waals surface area contributed by atoms with Gasteiger partial charge in [0.1, 0.15) is 0 Å². The smallest absolute Gasteiger partial charge is 0.0279 e. The van der Waals surface area contributed by atoms with Gasteiger partial charge in [0.15, 0.2) is 0 Å². The van der Waals surface area contributed by atoms with Gasteiger partial charge in [-0.3, -0.25) is 0 Å². The van der Waals surface area contributed by atoms with Gasteiger partial charge in [0.25, 0.3) is 0 Å². The van der Waals surface area contributed by atoms with Gasteiger partial charge in [-0.05, 0) is 49.7 Å². The molecule has 2 aliphatic rings. The van der Waals surface area contributed by atoms with Gasteiger partial charge in [0.05, 0.1) is 0 Å². The molecule has 0 bridgehead atoms. The van der Waals surface area contributed by atoms with Gasteiger partial charge in [-0.15, -0.1) is 69.1 Å². The van der Waals surface area contributed by atoms with Crippen LogP contribution in [-0.2, 0) is 36.2 Å². The summed E-state index contributed by atoms with van der Waals surface area (Å²) in [6.45, 7) is 8.96. The zero-order valence-electron chi connectivity index (χ0n) is 34.6. The molecule has 0 nitrogen and oxygen atoms in total. The van der Waals surface area contributed by atoms with Crippen LogP contribution in [0.4, 0.5) is 0 Å². The quantitative estimate of drug-likeness (QED) is 0.0813. The second-order valence-corrected chi connectivity index (χ2v) is 25.1. The molecule has 0 N–H and O–H groups in total. The molecule has 0 saturated heterocycles. The van der Waals surface area contributed by atoms with Crippen LogP contribution in [0, 0.1) is 25.7 Å². The van der Waals surface area contributed by atoms with E-state index in [2.05, 4.69) is 137 Å². The monoisotopic (exact) mass is 876 g/mol. The SMILES string of the molecule is CCC[Si](C)=[Zr+2].Cc1ccc(-c2cccc3[cH-]c(CC4CCCCCC4)cc23)cc1.Cc1ccc(-c2cccc3[cH-]c(CC4CCCCCC4)cc23)cc1.[Cl-].[Cl-]. The predicted octanol–water partition coefficient (Wildman–Crippen LogP) is 9.67. The van der Waals surface area contributed by atoms with Crippen molar-refractivity contribution >= 4 is 27.0 Å². The van der Waals surface area contributed by atoms with Crippen LogP contribution >= 0.6 is 0 Å². The van der Waals surface area contributed by atoms with Crippen molar-refractivity contribution in [3.63, 3.8) is 0 Å². The van der Waals surface area contributed by atoms with E-state index in [-0.39, 0.29) is 30.2 Å². The molecule has 56 heavy (non-hydrogen) atoms. The molecule has 6 aromatic rings. The second-order valence-electron chi connectivity index (χ2n) is 16.7. The summed E-state index contributed by atoms with van der Waals surface area (Å²) in [7, 11) is 0. The van der Waals surface area contributed by atoms with E-state index in [1.54, 1.807) is 23.3 Å². The minimum Gasteiger partial charge on any atom is -1.00 e. The van der Waals surface area contributed by atoms with E-state index in [9.17, 15) is 0 Å². The van der Waals surface area contributed by atoms with Crippen molar-refractivity contribution in [2.24, 2.45) is 11.8 Å². The number of aryl methyl sites for hydroxylation is 2. The topological polar surface area (TPSA) is 0 Å². The molecule has 0 amide bonds. The Morgan fingerprint density at radius 2 is 0.929 bits per heavy atom. The fourth-order valence-electron chi connectivity index (χ4n) is 8.98. The third-order valence-electron chi connectivity index (χ3n) is 12.0. The molecule has 0 spiro atoms. The fraction of sp³-hybridized carbons (Fsp3) is 0.423. The first-order valence-electron chi connectivity index (χ1n) is 21.4. The van der Waals surface area contributed by atoms with E-state index in [0.29, 0.717) is 0 Å². The maximum absolute atomic E-state index is 2.45. The molecular formula is C52H64Cl2SiZr-2. The third-order valence-corrected chi connectivity index (χ3v) is 15.1. The van der Waals surface area contributed by atoms with E-state index in [0.717, 1.165) is 11.8 Å². The largest absolute Gasteiger partial charge is 1.00 e. The van der Waals surface area contributed by atoms with E-state index in [1.807, 2.05) is 0 Å². The molecule has 2 saturated carbocycles. The number of fused-ring (bicyclic) bond motifs is 2. The van der Waals surface area contributed by atoms with Crippen LogP contribution in [-0.4, -0.2) is 5.43 Å². The van der Waals surface area contributed by atoms with Crippen molar-refractivity contribution in [1.82, 2.24) is 0 Å². The molecule has 0 heterocycles. The number of rotatable bonds is 8. The zero-order chi connectivity index (χ0) is 37.7. The Hall–Kier alpha value is -2.22. The molecule has 0 aliphatic heterocycles. The molecule has 0 radical (unpaired) electrons. The van der Waals surface area contributed by atoms with E-state index < -0.39 is 0 Å². The van der Waals surface area contributed by atoms with Gasteiger partial charge in [-0.2, -0.15) is 12.1 Å². The molecule has 6 aromatic carbocycles. The average molecular weight is 879 g/mol. The Morgan fingerprint density at radius 1 is 0.554 bits per heavy atom. The minimum atomic E-state index is 0. The third kappa shape index (κ3) is 13.7. The van der Waals surface area contributed by atoms with E-state index in [4.69, 9.17) is 0 Å². The van der Waals surface area contributed by atoms with Crippen molar-refractivity contribution in [1.29, 1.82) is 0 Å². The predicted molar refractivity (Wildman–Crippen MR) is 236 cm³/mol. The number of halogens is 2. The molecule has 4 heteroatoms. The van der Waals surface area contributed by atoms with Gasteiger partial charge in [0.2, 0.25) is 0 Å². The maximum Gasteiger partial charge on any atom is -0.0279 e. The van der Waals surface area contributed by atoms with Crippen LogP contribution in [0.25, 0.3) is 43.8 Å². The molecule has 8 rings (SSSR count). The normalized spacial score (nSPS) is 15.0. The summed E-state index contributed by atoms with van der Waals surface area (Å²) in [5, 5.41) is 5.64. The standard InChI is InChI=1S/2C24H27.C4H10Si.2ClH.Zr/c2*1-18-11-13-21(14-12-18)23-10-6-9-22-16-20(17-24(22)23)15-19-7-4-2-3-5-8-19;1-3-4-5-2;;;/h2*6,9-14,16-17,19H,2-5,7-8,15H2,1H3;3-4H2,1-2H3;2*1H;/q2*-1;;;;+2/p-2. The van der Waals surface area contributed by atoms with Crippen LogP contribution in [0.5, 0.6) is 0 Å². The first-order valence-corrected chi connectivity index (χ1v) is 27.3. The molecule has 0 atom stereocenters. The molecule has 2 fully saturated rings. The molecular weight excluding hydrogens is 815 g/mol. The van der Waals surface area contributed by atoms with Crippen LogP contribution in [0.15, 0.2) is 109 Å². The van der Waals surface area contributed by atoms with Crippen LogP contribution in [0.1, 0.15) is 113 Å². The Bertz CT molecular complexity index is 1890. The fourth-order valence-corrected chi connectivity index (χ4v) is 11.6. The number of hydrogen-bond donors (Lipinski definition) is 0. The van der Waals surface area contributed by atoms with Crippen molar-refractivity contribution in [3.05, 3.63) is 131 Å². The summed E-state index contributed by atoms with van der Waals surface area (Å²) in [6.07, 6.45) is 21.1. The Balaban J connectivity index is 0.000000211. The summed E-state index contributed by atoms with van der Waals surface area (Å²) >= 11 is 1.79. The van der Waals surface area contributed by atoms with Crippen molar-refractivity contribution in [2.45, 2.75) is 130 Å². The molecule has 0 unspecified atom stereocenters. The maximum atomic E-state index is 2.45. The van der Waals surface area contributed by atoms with Gasteiger partial charge >= 0.3 is 54.7 Å². The van der Waals surface area contributed by atoms with Crippen molar-refractivity contribution in [2.75, 3.05) is 0 Å². The Labute approximate surface area is 367 Å². The van der Waals surface area contributed by atoms with Gasteiger partial charge < -0.3 is 24.8 Å². The Kier molecular flexibility index (Phi) is 19.9. The molecule has 296 valence electrons. The van der Waals surface area contributed by atoms with Crippen LogP contribution < -0.4 is 24.8 Å². The zero-order valence-corrected chi connectivity index (χ0v) is 39.6. The van der Waals surface area contributed by atoms with Gasteiger partial charge in [-0.1, -0.05) is 160 Å². The summed E-state index contributed by atoms with van der Waals surface area (Å²) < 4.78 is 0. The minimum absolute atomic E-state index is 0. The summed E-state index contributed by atoms with van der Waals surface area (Å²) in [4.78, 5) is 0. The summed E-state index contributed by atoms with van der Waals surface area (Å²) in [5.74, 6) is 1.79. The summed E-state index contributed by atoms with van der Waals surface area (Å²) in [6, 6.07) is 42.6. The van der Waals surface area contributed by atoms with Crippen LogP contribution in [0.2, 0.25) is 12.6 Å². The van der Waals surface area contributed by atoms with Crippen molar-refractivity contribution in [3.8, 4) is 22.3 Å². The first kappa shape index (κ1) is 46.5. The first-order chi connectivity index (χ1) is 26.4. The summed E-state index contributed by atoms with van der Waals surface area (Å²) in [5.41, 5.74) is 11.3. The van der Waals surface area contributed by atoms with E-state index in [1.165, 1.54) is 168 Å². The van der Waals surface area contributed by atoms with E-state index >= 15 is 0 Å². The number of hydrogen-bond acceptors (Lipinski definition) is 0. The van der Waals surface area contributed by atoms with Crippen LogP contribution in [0.3, 0.4) is 0 Å². The van der Waals surface area contributed by atoms with Gasteiger partial charge in [0, 0.05) is 0 Å². The van der Waals surface area contributed by atoms with Crippen molar-refractivity contribution < 1.29 is 48.1 Å². The Morgan fingerprint density at radius 3 is 1.25 bits per heavy atom. The number of benzene rings is 4. The molecule has 0 aromatic heterocycles. The van der Waals surface area contributed by atoms with Gasteiger partial charge in [-0.25, -0.2) is 0 Å². The average Bonchev–Trinajstić information content (AvgIpc) is 3.55. The molecule has 2 aliphatic carbocycles. The second kappa shape index (κ2) is 24.0.